The quantitative estimate of drug-likeness (QED) is 0.412. The monoisotopic (exact) mass is 501 g/mol. The third-order valence-corrected chi connectivity index (χ3v) is 6.41. The van der Waals surface area contributed by atoms with E-state index in [1.54, 1.807) is 55.0 Å². The van der Waals surface area contributed by atoms with Crippen LogP contribution in [0, 0.1) is 0 Å². The van der Waals surface area contributed by atoms with Crippen molar-refractivity contribution in [3.63, 3.8) is 0 Å². The van der Waals surface area contributed by atoms with Gasteiger partial charge in [-0.3, -0.25) is 9.78 Å². The summed E-state index contributed by atoms with van der Waals surface area (Å²) >= 11 is 12.3. The Bertz CT molecular complexity index is 1450. The fourth-order valence-corrected chi connectivity index (χ4v) is 4.37. The predicted octanol–water partition coefficient (Wildman–Crippen LogP) is 4.07. The average Bonchev–Trinajstić information content (AvgIpc) is 3.25. The highest BCUT2D eigenvalue weighted by Gasteiger charge is 2.19. The Labute approximate surface area is 200 Å². The largest absolute Gasteiger partial charge is 0.326 e. The molecule has 0 spiro atoms. The molecule has 2 heterocycles. The molecule has 4 rings (SSSR count). The van der Waals surface area contributed by atoms with Gasteiger partial charge in [-0.1, -0.05) is 41.4 Å². The molecule has 11 heteroatoms. The molecule has 4 aromatic rings. The second kappa shape index (κ2) is 9.32. The summed E-state index contributed by atoms with van der Waals surface area (Å²) in [6.45, 7) is 0. The fourth-order valence-electron chi connectivity index (χ4n) is 3.21. The Morgan fingerprint density at radius 2 is 1.85 bits per heavy atom. The first-order valence-electron chi connectivity index (χ1n) is 9.57. The van der Waals surface area contributed by atoms with Crippen molar-refractivity contribution in [2.45, 2.75) is 11.3 Å². The van der Waals surface area contributed by atoms with E-state index in [1.165, 1.54) is 23.0 Å². The van der Waals surface area contributed by atoms with Crippen LogP contribution in [0.3, 0.4) is 0 Å². The summed E-state index contributed by atoms with van der Waals surface area (Å²) in [5.41, 5.74) is 2.42. The van der Waals surface area contributed by atoms with E-state index in [2.05, 4.69) is 15.4 Å². The molecule has 3 N–H and O–H groups in total. The van der Waals surface area contributed by atoms with E-state index in [1.807, 2.05) is 0 Å². The summed E-state index contributed by atoms with van der Waals surface area (Å²) in [4.78, 5) is 16.3. The number of amides is 1. The normalized spacial score (nSPS) is 11.4. The number of pyridine rings is 1. The lowest BCUT2D eigenvalue weighted by Crippen LogP contribution is -2.18. The van der Waals surface area contributed by atoms with Crippen molar-refractivity contribution < 1.29 is 13.2 Å². The number of hydrogen-bond donors (Lipinski definition) is 2. The first kappa shape index (κ1) is 22.9. The van der Waals surface area contributed by atoms with Gasteiger partial charge in [-0.15, -0.1) is 0 Å². The van der Waals surface area contributed by atoms with Crippen molar-refractivity contribution in [2.24, 2.45) is 5.14 Å². The summed E-state index contributed by atoms with van der Waals surface area (Å²) in [5.74, 6) is -0.358. The van der Waals surface area contributed by atoms with E-state index in [-0.39, 0.29) is 28.6 Å². The molecule has 8 nitrogen and oxygen atoms in total. The van der Waals surface area contributed by atoms with Crippen molar-refractivity contribution in [2.75, 3.05) is 5.32 Å². The number of nitrogens with one attached hydrogen (secondary N) is 1. The van der Waals surface area contributed by atoms with Crippen LogP contribution in [-0.4, -0.2) is 29.1 Å². The zero-order valence-electron chi connectivity index (χ0n) is 16.9. The third kappa shape index (κ3) is 5.23. The van der Waals surface area contributed by atoms with Crippen LogP contribution >= 0.6 is 23.2 Å². The maximum atomic E-state index is 12.5. The number of sulfonamides is 1. The van der Waals surface area contributed by atoms with Crippen LogP contribution in [0.15, 0.2) is 78.2 Å². The van der Waals surface area contributed by atoms with E-state index in [4.69, 9.17) is 28.3 Å². The summed E-state index contributed by atoms with van der Waals surface area (Å²) in [6.07, 6.45) is 6.33. The Hall–Kier alpha value is -3.24. The van der Waals surface area contributed by atoms with Crippen LogP contribution in [0.5, 0.6) is 0 Å². The lowest BCUT2D eigenvalue weighted by atomic mass is 10.1. The van der Waals surface area contributed by atoms with Crippen molar-refractivity contribution in [3.05, 3.63) is 88.9 Å². The van der Waals surface area contributed by atoms with Crippen molar-refractivity contribution in [1.82, 2.24) is 14.8 Å². The van der Waals surface area contributed by atoms with Crippen molar-refractivity contribution >= 4 is 44.8 Å². The van der Waals surface area contributed by atoms with Crippen LogP contribution in [0.2, 0.25) is 10.0 Å². The highest BCUT2D eigenvalue weighted by atomic mass is 35.5. The summed E-state index contributed by atoms with van der Waals surface area (Å²) in [5, 5.41) is 13.3. The van der Waals surface area contributed by atoms with Gasteiger partial charge in [0.15, 0.2) is 0 Å². The molecule has 0 aliphatic heterocycles. The van der Waals surface area contributed by atoms with Crippen LogP contribution in [0.25, 0.3) is 16.8 Å². The molecule has 33 heavy (non-hydrogen) atoms. The number of benzene rings is 2. The molecule has 0 aliphatic rings. The van der Waals surface area contributed by atoms with Gasteiger partial charge in [-0.05, 0) is 35.9 Å². The van der Waals surface area contributed by atoms with Gasteiger partial charge in [0.25, 0.3) is 0 Å². The minimum absolute atomic E-state index is 0.0283. The number of aromatic nitrogens is 3. The first-order chi connectivity index (χ1) is 15.7. The molecule has 168 valence electrons. The predicted molar refractivity (Wildman–Crippen MR) is 127 cm³/mol. The Balaban J connectivity index is 1.64. The van der Waals surface area contributed by atoms with Crippen LogP contribution in [0.4, 0.5) is 5.69 Å². The van der Waals surface area contributed by atoms with Crippen molar-refractivity contribution in [1.29, 1.82) is 0 Å². The van der Waals surface area contributed by atoms with Gasteiger partial charge in [0.1, 0.15) is 4.90 Å². The van der Waals surface area contributed by atoms with Gasteiger partial charge in [0.05, 0.1) is 23.3 Å². The maximum Gasteiger partial charge on any atom is 0.240 e. The van der Waals surface area contributed by atoms with Gasteiger partial charge in [0.2, 0.25) is 15.9 Å². The SMILES string of the molecule is NS(=O)(=O)c1cc(NC(=O)Cc2ccccc2Cl)ccc1-n1cc(-c2cnccc2Cl)cn1. The summed E-state index contributed by atoms with van der Waals surface area (Å²) < 4.78 is 26.0. The van der Waals surface area contributed by atoms with E-state index < -0.39 is 10.0 Å². The summed E-state index contributed by atoms with van der Waals surface area (Å²) in [7, 11) is -4.14. The molecule has 2 aromatic carbocycles. The van der Waals surface area contributed by atoms with Gasteiger partial charge >= 0.3 is 0 Å². The molecule has 0 atom stereocenters. The number of hydrogen-bond acceptors (Lipinski definition) is 5. The fraction of sp³-hybridized carbons (Fsp3) is 0.0455. The van der Waals surface area contributed by atoms with E-state index in [9.17, 15) is 13.2 Å². The average molecular weight is 502 g/mol. The molecule has 0 saturated carbocycles. The van der Waals surface area contributed by atoms with Crippen molar-refractivity contribution in [3.8, 4) is 16.8 Å². The lowest BCUT2D eigenvalue weighted by molar-refractivity contribution is -0.115. The van der Waals surface area contributed by atoms with Crippen LogP contribution in [0.1, 0.15) is 5.56 Å². The number of nitrogens with two attached hydrogens (primary N) is 1. The van der Waals surface area contributed by atoms with Gasteiger partial charge in [-0.2, -0.15) is 5.10 Å². The van der Waals surface area contributed by atoms with Gasteiger partial charge in [-0.25, -0.2) is 18.2 Å². The molecule has 0 aliphatic carbocycles. The second-order valence-electron chi connectivity index (χ2n) is 7.07. The number of primary sulfonamides is 1. The third-order valence-electron chi connectivity index (χ3n) is 4.77. The van der Waals surface area contributed by atoms with E-state index in [0.717, 1.165) is 0 Å². The Kier molecular flexibility index (Phi) is 6.48. The smallest absolute Gasteiger partial charge is 0.240 e. The zero-order chi connectivity index (χ0) is 23.6. The number of nitrogens with zero attached hydrogens (tertiary/aromatic N) is 3. The zero-order valence-corrected chi connectivity index (χ0v) is 19.3. The second-order valence-corrected chi connectivity index (χ2v) is 9.42. The van der Waals surface area contributed by atoms with Gasteiger partial charge < -0.3 is 5.32 Å². The molecule has 0 unspecified atom stereocenters. The molecular weight excluding hydrogens is 485 g/mol. The Morgan fingerprint density at radius 3 is 2.58 bits per heavy atom. The molecule has 0 radical (unpaired) electrons. The van der Waals surface area contributed by atoms with E-state index in [0.29, 0.717) is 26.7 Å². The number of rotatable bonds is 6. The number of halogens is 2. The molecule has 0 saturated heterocycles. The Morgan fingerprint density at radius 1 is 1.06 bits per heavy atom. The van der Waals surface area contributed by atoms with Crippen LogP contribution < -0.4 is 10.5 Å². The topological polar surface area (TPSA) is 120 Å². The maximum absolute atomic E-state index is 12.5. The molecule has 0 fully saturated rings. The lowest BCUT2D eigenvalue weighted by Gasteiger charge is -2.12. The molecular formula is C22H17Cl2N5O3S. The molecule has 2 aromatic heterocycles. The standard InChI is InChI=1S/C22H17Cl2N5O3S/c23-18-4-2-1-3-14(18)9-22(30)28-16-5-6-20(21(10-16)33(25,31)32)29-13-15(11-27-29)17-12-26-8-7-19(17)24/h1-8,10-13H,9H2,(H,28,30)(H2,25,31,32). The van der Waals surface area contributed by atoms with Gasteiger partial charge in [0, 0.05) is 40.4 Å². The highest BCUT2D eigenvalue weighted by Crippen LogP contribution is 2.29. The van der Waals surface area contributed by atoms with E-state index >= 15 is 0 Å². The minimum Gasteiger partial charge on any atom is -0.326 e. The first-order valence-corrected chi connectivity index (χ1v) is 11.9. The minimum atomic E-state index is -4.14. The molecule has 0 bridgehead atoms. The number of anilines is 1. The van der Waals surface area contributed by atoms with Crippen LogP contribution in [-0.2, 0) is 21.2 Å². The number of carbonyl (C=O) groups excluding carboxylic acids is 1. The molecule has 1 amide bonds. The summed E-state index contributed by atoms with van der Waals surface area (Å²) in [6, 6.07) is 13.0. The highest BCUT2D eigenvalue weighted by molar-refractivity contribution is 7.89. The number of carbonyl (C=O) groups is 1.